The van der Waals surface area contributed by atoms with Gasteiger partial charge in [0.15, 0.2) is 0 Å². The fraction of sp³-hybridized carbons (Fsp3) is 0.500. The average molecular weight is 221 g/mol. The van der Waals surface area contributed by atoms with Gasteiger partial charge >= 0.3 is 0 Å². The normalized spacial score (nSPS) is 15.0. The molecule has 1 aromatic rings. The highest BCUT2D eigenvalue weighted by Crippen LogP contribution is 2.28. The molecule has 5 N–H and O–H groups in total. The first-order valence-electron chi connectivity index (χ1n) is 5.72. The van der Waals surface area contributed by atoms with E-state index in [-0.39, 0.29) is 0 Å². The van der Waals surface area contributed by atoms with Crippen molar-refractivity contribution in [1.82, 2.24) is 0 Å². The fourth-order valence-electron chi connectivity index (χ4n) is 1.49. The summed E-state index contributed by atoms with van der Waals surface area (Å²) in [5.74, 6) is 0.826. The van der Waals surface area contributed by atoms with E-state index in [9.17, 15) is 0 Å². The van der Waals surface area contributed by atoms with Crippen LogP contribution in [0.1, 0.15) is 12.8 Å². The zero-order valence-electron chi connectivity index (χ0n) is 9.41. The predicted octanol–water partition coefficient (Wildman–Crippen LogP) is 1.69. The van der Waals surface area contributed by atoms with E-state index in [1.807, 2.05) is 18.2 Å². The Morgan fingerprint density at radius 1 is 1.25 bits per heavy atom. The van der Waals surface area contributed by atoms with Gasteiger partial charge in [0.1, 0.15) is 0 Å². The molecule has 1 fully saturated rings. The maximum atomic E-state index is 5.70. The van der Waals surface area contributed by atoms with Crippen molar-refractivity contribution in [2.45, 2.75) is 12.8 Å². The van der Waals surface area contributed by atoms with Gasteiger partial charge in [-0.3, -0.25) is 0 Å². The lowest BCUT2D eigenvalue weighted by Crippen LogP contribution is -2.10. The molecule has 0 amide bonds. The zero-order chi connectivity index (χ0) is 11.4. The first-order chi connectivity index (χ1) is 7.75. The zero-order valence-corrected chi connectivity index (χ0v) is 9.41. The Balaban J connectivity index is 1.65. The molecular formula is C12H19N3O. The average Bonchev–Trinajstić information content (AvgIpc) is 3.07. The standard InChI is InChI=1S/C12H19N3O/c13-11-4-3-10(7-12(11)14)15-5-6-16-8-9-1-2-9/h3-4,7,9,15H,1-2,5-6,8,13-14H2. The molecule has 0 aliphatic heterocycles. The van der Waals surface area contributed by atoms with Crippen LogP contribution in [0.3, 0.4) is 0 Å². The maximum absolute atomic E-state index is 5.70. The van der Waals surface area contributed by atoms with Crippen LogP contribution in [-0.2, 0) is 4.74 Å². The molecule has 0 atom stereocenters. The second kappa shape index (κ2) is 5.07. The van der Waals surface area contributed by atoms with Gasteiger partial charge in [-0.2, -0.15) is 0 Å². The van der Waals surface area contributed by atoms with E-state index in [0.717, 1.165) is 31.4 Å². The molecule has 1 saturated carbocycles. The summed E-state index contributed by atoms with van der Waals surface area (Å²) < 4.78 is 5.51. The van der Waals surface area contributed by atoms with Crippen LogP contribution in [0, 0.1) is 5.92 Å². The van der Waals surface area contributed by atoms with Crippen molar-refractivity contribution >= 4 is 17.1 Å². The van der Waals surface area contributed by atoms with Crippen molar-refractivity contribution in [2.75, 3.05) is 36.5 Å². The van der Waals surface area contributed by atoms with Crippen molar-refractivity contribution in [3.8, 4) is 0 Å². The second-order valence-corrected chi connectivity index (χ2v) is 4.29. The van der Waals surface area contributed by atoms with E-state index in [1.54, 1.807) is 0 Å². The van der Waals surface area contributed by atoms with Crippen LogP contribution >= 0.6 is 0 Å². The smallest absolute Gasteiger partial charge is 0.0639 e. The number of ether oxygens (including phenoxy) is 1. The highest BCUT2D eigenvalue weighted by molar-refractivity contribution is 5.69. The third-order valence-corrected chi connectivity index (χ3v) is 2.71. The second-order valence-electron chi connectivity index (χ2n) is 4.29. The number of nitrogens with one attached hydrogen (secondary N) is 1. The van der Waals surface area contributed by atoms with E-state index >= 15 is 0 Å². The SMILES string of the molecule is Nc1ccc(NCCOCC2CC2)cc1N. The third kappa shape index (κ3) is 3.31. The molecule has 0 saturated heterocycles. The van der Waals surface area contributed by atoms with Crippen molar-refractivity contribution in [2.24, 2.45) is 5.92 Å². The third-order valence-electron chi connectivity index (χ3n) is 2.71. The van der Waals surface area contributed by atoms with Gasteiger partial charge in [-0.05, 0) is 37.0 Å². The van der Waals surface area contributed by atoms with Crippen LogP contribution in [0.15, 0.2) is 18.2 Å². The molecule has 1 aromatic carbocycles. The molecular weight excluding hydrogens is 202 g/mol. The molecule has 0 aromatic heterocycles. The molecule has 0 bridgehead atoms. The van der Waals surface area contributed by atoms with Gasteiger partial charge in [-0.1, -0.05) is 0 Å². The molecule has 16 heavy (non-hydrogen) atoms. The van der Waals surface area contributed by atoms with E-state index in [2.05, 4.69) is 5.32 Å². The maximum Gasteiger partial charge on any atom is 0.0639 e. The van der Waals surface area contributed by atoms with E-state index in [0.29, 0.717) is 11.4 Å². The van der Waals surface area contributed by atoms with Gasteiger partial charge in [-0.25, -0.2) is 0 Å². The summed E-state index contributed by atoms with van der Waals surface area (Å²) in [6.45, 7) is 2.45. The number of hydrogen-bond acceptors (Lipinski definition) is 4. The first-order valence-corrected chi connectivity index (χ1v) is 5.72. The van der Waals surface area contributed by atoms with Crippen molar-refractivity contribution in [3.63, 3.8) is 0 Å². The van der Waals surface area contributed by atoms with Gasteiger partial charge in [0.05, 0.1) is 18.0 Å². The van der Waals surface area contributed by atoms with E-state index in [1.165, 1.54) is 12.8 Å². The Morgan fingerprint density at radius 3 is 2.75 bits per heavy atom. The van der Waals surface area contributed by atoms with Crippen LogP contribution in [-0.4, -0.2) is 19.8 Å². The minimum absolute atomic E-state index is 0.615. The van der Waals surface area contributed by atoms with Crippen LogP contribution in [0.4, 0.5) is 17.1 Å². The highest BCUT2D eigenvalue weighted by Gasteiger charge is 2.20. The molecule has 88 valence electrons. The van der Waals surface area contributed by atoms with Gasteiger partial charge < -0.3 is 21.5 Å². The minimum atomic E-state index is 0.615. The molecule has 0 heterocycles. The van der Waals surface area contributed by atoms with Crippen molar-refractivity contribution in [3.05, 3.63) is 18.2 Å². The number of hydrogen-bond donors (Lipinski definition) is 3. The summed E-state index contributed by atoms with van der Waals surface area (Å²) in [4.78, 5) is 0. The monoisotopic (exact) mass is 221 g/mol. The minimum Gasteiger partial charge on any atom is -0.397 e. The Bertz CT molecular complexity index is 350. The summed E-state index contributed by atoms with van der Waals surface area (Å²) in [6.07, 6.45) is 2.67. The van der Waals surface area contributed by atoms with Gasteiger partial charge in [-0.15, -0.1) is 0 Å². The van der Waals surface area contributed by atoms with Crippen LogP contribution in [0.25, 0.3) is 0 Å². The molecule has 0 spiro atoms. The van der Waals surface area contributed by atoms with E-state index < -0.39 is 0 Å². The molecule has 4 nitrogen and oxygen atoms in total. The summed E-state index contributed by atoms with van der Waals surface area (Å²) >= 11 is 0. The van der Waals surface area contributed by atoms with Gasteiger partial charge in [0, 0.05) is 18.8 Å². The molecule has 1 aliphatic rings. The van der Waals surface area contributed by atoms with Crippen molar-refractivity contribution in [1.29, 1.82) is 0 Å². The molecule has 0 unspecified atom stereocenters. The Hall–Kier alpha value is -1.42. The van der Waals surface area contributed by atoms with E-state index in [4.69, 9.17) is 16.2 Å². The number of rotatable bonds is 6. The van der Waals surface area contributed by atoms with Gasteiger partial charge in [0.25, 0.3) is 0 Å². The largest absolute Gasteiger partial charge is 0.397 e. The highest BCUT2D eigenvalue weighted by atomic mass is 16.5. The molecule has 0 radical (unpaired) electrons. The van der Waals surface area contributed by atoms with Crippen LogP contribution in [0.5, 0.6) is 0 Å². The fourth-order valence-corrected chi connectivity index (χ4v) is 1.49. The quantitative estimate of drug-likeness (QED) is 0.505. The lowest BCUT2D eigenvalue weighted by Gasteiger charge is -2.08. The lowest BCUT2D eigenvalue weighted by molar-refractivity contribution is 0.134. The predicted molar refractivity (Wildman–Crippen MR) is 67.3 cm³/mol. The lowest BCUT2D eigenvalue weighted by atomic mass is 10.2. The molecule has 4 heteroatoms. The van der Waals surface area contributed by atoms with Gasteiger partial charge in [0.2, 0.25) is 0 Å². The number of benzene rings is 1. The Labute approximate surface area is 96.0 Å². The Morgan fingerprint density at radius 2 is 2.06 bits per heavy atom. The summed E-state index contributed by atoms with van der Waals surface area (Å²) in [6, 6.07) is 5.57. The van der Waals surface area contributed by atoms with Crippen molar-refractivity contribution < 1.29 is 4.74 Å². The summed E-state index contributed by atoms with van der Waals surface area (Å²) in [5, 5.41) is 3.25. The first kappa shape index (κ1) is 11.1. The number of nitrogen functional groups attached to an aromatic ring is 2. The Kier molecular flexibility index (Phi) is 3.51. The number of anilines is 3. The number of nitrogens with two attached hydrogens (primary N) is 2. The molecule has 1 aliphatic carbocycles. The molecule has 2 rings (SSSR count). The summed E-state index contributed by atoms with van der Waals surface area (Å²) in [7, 11) is 0. The van der Waals surface area contributed by atoms with Crippen LogP contribution < -0.4 is 16.8 Å². The van der Waals surface area contributed by atoms with Crippen LogP contribution in [0.2, 0.25) is 0 Å². The topological polar surface area (TPSA) is 73.3 Å². The summed E-state index contributed by atoms with van der Waals surface area (Å²) in [5.41, 5.74) is 13.6.